The lowest BCUT2D eigenvalue weighted by molar-refractivity contribution is -0.137. The Hall–Kier alpha value is -2.15. The van der Waals surface area contributed by atoms with Crippen LogP contribution in [0.1, 0.15) is 63.9 Å². The number of imidazole rings is 1. The molecule has 0 saturated heterocycles. The number of fused-ring (bicyclic) bond motifs is 1. The number of hydrogen-bond acceptors (Lipinski definition) is 3. The van der Waals surface area contributed by atoms with Crippen LogP contribution < -0.4 is 0 Å². The van der Waals surface area contributed by atoms with E-state index >= 15 is 0 Å². The molecule has 3 rings (SSSR count). The van der Waals surface area contributed by atoms with Crippen LogP contribution in [0.2, 0.25) is 5.02 Å². The Morgan fingerprint density at radius 1 is 1.07 bits per heavy atom. The fourth-order valence-corrected chi connectivity index (χ4v) is 3.98. The van der Waals surface area contributed by atoms with Gasteiger partial charge < -0.3 is 4.57 Å². The summed E-state index contributed by atoms with van der Waals surface area (Å²) in [6, 6.07) is 3.93. The number of rotatable bonds is 7. The molecule has 0 bridgehead atoms. The Morgan fingerprint density at radius 2 is 1.76 bits per heavy atom. The van der Waals surface area contributed by atoms with Gasteiger partial charge in [0.25, 0.3) is 0 Å². The maximum Gasteiger partial charge on any atom is 0.417 e. The Balaban J connectivity index is 2.28. The van der Waals surface area contributed by atoms with Crippen molar-refractivity contribution in [1.29, 1.82) is 0 Å². The van der Waals surface area contributed by atoms with E-state index in [-0.39, 0.29) is 22.3 Å². The first-order valence-electron chi connectivity index (χ1n) is 9.90. The van der Waals surface area contributed by atoms with Gasteiger partial charge >= 0.3 is 6.18 Å². The van der Waals surface area contributed by atoms with Crippen LogP contribution in [0.3, 0.4) is 0 Å². The highest BCUT2D eigenvalue weighted by molar-refractivity contribution is 6.30. The van der Waals surface area contributed by atoms with E-state index < -0.39 is 11.7 Å². The van der Waals surface area contributed by atoms with Crippen molar-refractivity contribution in [2.45, 2.75) is 65.1 Å². The molecule has 0 radical (unpaired) electrons. The Bertz CT molecular complexity index is 991. The van der Waals surface area contributed by atoms with Crippen LogP contribution >= 0.6 is 11.6 Å². The highest BCUT2D eigenvalue weighted by Gasteiger charge is 2.35. The van der Waals surface area contributed by atoms with Gasteiger partial charge in [-0.2, -0.15) is 13.2 Å². The van der Waals surface area contributed by atoms with E-state index in [0.717, 1.165) is 37.6 Å². The van der Waals surface area contributed by atoms with Gasteiger partial charge in [-0.25, -0.2) is 15.0 Å². The monoisotopic (exact) mass is 424 g/mol. The van der Waals surface area contributed by atoms with E-state index in [2.05, 4.69) is 33.4 Å². The van der Waals surface area contributed by atoms with E-state index in [1.165, 1.54) is 18.5 Å². The number of benzene rings is 1. The van der Waals surface area contributed by atoms with E-state index in [1.54, 1.807) is 0 Å². The van der Waals surface area contributed by atoms with Gasteiger partial charge in [-0.1, -0.05) is 51.3 Å². The predicted molar refractivity (Wildman–Crippen MR) is 109 cm³/mol. The molecule has 0 atom stereocenters. The molecule has 2 aromatic heterocycles. The molecule has 2 heterocycles. The summed E-state index contributed by atoms with van der Waals surface area (Å²) in [5.74, 6) is 0.816. The van der Waals surface area contributed by atoms with E-state index in [4.69, 9.17) is 11.6 Å². The van der Waals surface area contributed by atoms with Gasteiger partial charge in [0.05, 0.1) is 5.56 Å². The number of hydrogen-bond donors (Lipinski definition) is 0. The molecule has 4 nitrogen and oxygen atoms in total. The summed E-state index contributed by atoms with van der Waals surface area (Å²) in [5, 5.41) is 0.0251. The van der Waals surface area contributed by atoms with Crippen LogP contribution in [0.15, 0.2) is 24.5 Å². The summed E-state index contributed by atoms with van der Waals surface area (Å²) in [4.78, 5) is 13.3. The van der Waals surface area contributed by atoms with Gasteiger partial charge in [0.15, 0.2) is 5.65 Å². The summed E-state index contributed by atoms with van der Waals surface area (Å²) in [6.07, 6.45) is 1.34. The van der Waals surface area contributed by atoms with E-state index in [0.29, 0.717) is 17.6 Å². The van der Waals surface area contributed by atoms with Crippen molar-refractivity contribution in [2.75, 3.05) is 0 Å². The van der Waals surface area contributed by atoms with Crippen LogP contribution in [0.25, 0.3) is 22.4 Å². The second kappa shape index (κ2) is 8.69. The zero-order valence-electron chi connectivity index (χ0n) is 16.7. The molecule has 0 saturated carbocycles. The minimum absolute atomic E-state index is 0.0251. The quantitative estimate of drug-likeness (QED) is 0.415. The molecule has 29 heavy (non-hydrogen) atoms. The molecule has 0 N–H and O–H groups in total. The molecule has 0 aliphatic carbocycles. The summed E-state index contributed by atoms with van der Waals surface area (Å²) in [5.41, 5.74) is 0.302. The van der Waals surface area contributed by atoms with Crippen LogP contribution in [0.5, 0.6) is 0 Å². The first-order valence-corrected chi connectivity index (χ1v) is 10.3. The molecule has 0 aliphatic rings. The van der Waals surface area contributed by atoms with Crippen molar-refractivity contribution in [2.24, 2.45) is 0 Å². The molecule has 8 heteroatoms. The number of nitrogens with zero attached hydrogens (tertiary/aromatic N) is 4. The smallest absolute Gasteiger partial charge is 0.309 e. The average Bonchev–Trinajstić information content (AvgIpc) is 3.06. The Kier molecular flexibility index (Phi) is 6.46. The number of halogens is 4. The molecule has 156 valence electrons. The van der Waals surface area contributed by atoms with Gasteiger partial charge in [0.1, 0.15) is 23.4 Å². The summed E-state index contributed by atoms with van der Waals surface area (Å²) >= 11 is 5.84. The highest BCUT2D eigenvalue weighted by Crippen LogP contribution is 2.40. The number of aromatic nitrogens is 4. The summed E-state index contributed by atoms with van der Waals surface area (Å²) in [6.45, 7) is 6.23. The van der Waals surface area contributed by atoms with Gasteiger partial charge in [0, 0.05) is 23.0 Å². The normalized spacial score (nSPS) is 12.3. The maximum atomic E-state index is 13.7. The zero-order valence-corrected chi connectivity index (χ0v) is 17.5. The third kappa shape index (κ3) is 4.25. The second-order valence-corrected chi connectivity index (χ2v) is 7.50. The zero-order chi connectivity index (χ0) is 21.2. The van der Waals surface area contributed by atoms with Gasteiger partial charge in [-0.3, -0.25) is 0 Å². The van der Waals surface area contributed by atoms with Crippen LogP contribution in [-0.4, -0.2) is 19.5 Å². The minimum Gasteiger partial charge on any atom is -0.309 e. The first kappa shape index (κ1) is 21.6. The highest BCUT2D eigenvalue weighted by atomic mass is 35.5. The number of alkyl halides is 3. The first-order chi connectivity index (χ1) is 13.8. The second-order valence-electron chi connectivity index (χ2n) is 7.06. The SMILES string of the molecule is CCCC(CCC)n1c(CC)nc2c(-c3ccc(Cl)cc3C(F)(F)F)ncnc21. The lowest BCUT2D eigenvalue weighted by Gasteiger charge is -2.20. The summed E-state index contributed by atoms with van der Waals surface area (Å²) < 4.78 is 43.1. The molecule has 0 aliphatic heterocycles. The average molecular weight is 425 g/mol. The van der Waals surface area contributed by atoms with Crippen LogP contribution in [-0.2, 0) is 12.6 Å². The van der Waals surface area contributed by atoms with Crippen LogP contribution in [0, 0.1) is 0 Å². The fraction of sp³-hybridized carbons (Fsp3) is 0.476. The van der Waals surface area contributed by atoms with Crippen molar-refractivity contribution in [3.05, 3.63) is 40.9 Å². The molecule has 1 aromatic carbocycles. The molecule has 0 spiro atoms. The molecular formula is C21H24ClF3N4. The molecule has 0 fully saturated rings. The number of aryl methyl sites for hydroxylation is 1. The molecule has 3 aromatic rings. The fourth-order valence-electron chi connectivity index (χ4n) is 3.81. The molecular weight excluding hydrogens is 401 g/mol. The lowest BCUT2D eigenvalue weighted by atomic mass is 10.0. The van der Waals surface area contributed by atoms with Gasteiger partial charge in [-0.05, 0) is 25.0 Å². The van der Waals surface area contributed by atoms with Crippen molar-refractivity contribution < 1.29 is 13.2 Å². The van der Waals surface area contributed by atoms with Crippen LogP contribution in [0.4, 0.5) is 13.2 Å². The lowest BCUT2D eigenvalue weighted by Crippen LogP contribution is -2.13. The van der Waals surface area contributed by atoms with Crippen molar-refractivity contribution >= 4 is 22.8 Å². The summed E-state index contributed by atoms with van der Waals surface area (Å²) in [7, 11) is 0. The topological polar surface area (TPSA) is 43.6 Å². The van der Waals surface area contributed by atoms with Crippen molar-refractivity contribution in [1.82, 2.24) is 19.5 Å². The predicted octanol–water partition coefficient (Wildman–Crippen LogP) is 6.87. The van der Waals surface area contributed by atoms with Crippen molar-refractivity contribution in [3.8, 4) is 11.3 Å². The molecule has 0 unspecified atom stereocenters. The van der Waals surface area contributed by atoms with Gasteiger partial charge in [0.2, 0.25) is 0 Å². The van der Waals surface area contributed by atoms with E-state index in [1.807, 2.05) is 6.92 Å². The Labute approximate surface area is 173 Å². The van der Waals surface area contributed by atoms with Gasteiger partial charge in [-0.15, -0.1) is 0 Å². The standard InChI is InChI=1S/C21H24ClF3N4/c1-4-7-14(8-5-2)29-17(6-3)28-19-18(26-12-27-20(19)29)15-10-9-13(22)11-16(15)21(23,24)25/h9-12,14H,4-8H2,1-3H3. The minimum atomic E-state index is -4.55. The molecule has 0 amide bonds. The van der Waals surface area contributed by atoms with Crippen molar-refractivity contribution in [3.63, 3.8) is 0 Å². The third-order valence-corrected chi connectivity index (χ3v) is 5.25. The third-order valence-electron chi connectivity index (χ3n) is 5.02. The van der Waals surface area contributed by atoms with E-state index in [9.17, 15) is 13.2 Å². The largest absolute Gasteiger partial charge is 0.417 e. The maximum absolute atomic E-state index is 13.7. The Morgan fingerprint density at radius 3 is 2.34 bits per heavy atom.